The Kier molecular flexibility index (Phi) is 3.57. The molecule has 1 aromatic carbocycles. The van der Waals surface area contributed by atoms with Gasteiger partial charge in [-0.05, 0) is 17.7 Å². The predicted octanol–water partition coefficient (Wildman–Crippen LogP) is 2.65. The summed E-state index contributed by atoms with van der Waals surface area (Å²) < 4.78 is 41.1. The first-order valence-corrected chi connectivity index (χ1v) is 4.38. The van der Waals surface area contributed by atoms with Gasteiger partial charge in [-0.15, -0.1) is 0 Å². The summed E-state index contributed by atoms with van der Waals surface area (Å²) in [6.45, 7) is 0. The molecule has 0 bridgehead atoms. The number of alkyl halides is 3. The highest BCUT2D eigenvalue weighted by Crippen LogP contribution is 2.29. The molecule has 0 fully saturated rings. The molecule has 0 saturated carbocycles. The quantitative estimate of drug-likeness (QED) is 0.848. The highest BCUT2D eigenvalue weighted by molar-refractivity contribution is 5.30. The summed E-state index contributed by atoms with van der Waals surface area (Å²) in [5.41, 5.74) is 5.85. The standard InChI is InChI=1S/C10H12F3NO/c1-15-8-4-2-3-7(5-8)9(14)6-10(11,12)13/h2-5,9H,6,14H2,1H3. The fourth-order valence-electron chi connectivity index (χ4n) is 1.24. The molecule has 0 saturated heterocycles. The molecule has 1 aromatic rings. The smallest absolute Gasteiger partial charge is 0.390 e. The van der Waals surface area contributed by atoms with Crippen molar-refractivity contribution in [1.29, 1.82) is 0 Å². The van der Waals surface area contributed by atoms with E-state index in [1.54, 1.807) is 18.2 Å². The van der Waals surface area contributed by atoms with Gasteiger partial charge in [0.05, 0.1) is 13.5 Å². The van der Waals surface area contributed by atoms with Crippen LogP contribution in [0.2, 0.25) is 0 Å². The van der Waals surface area contributed by atoms with Gasteiger partial charge in [0.1, 0.15) is 5.75 Å². The lowest BCUT2D eigenvalue weighted by Gasteiger charge is -2.14. The minimum Gasteiger partial charge on any atom is -0.497 e. The van der Waals surface area contributed by atoms with Gasteiger partial charge in [0.2, 0.25) is 0 Å². The van der Waals surface area contributed by atoms with Crippen LogP contribution in [0.25, 0.3) is 0 Å². The summed E-state index contributed by atoms with van der Waals surface area (Å²) >= 11 is 0. The second kappa shape index (κ2) is 4.53. The Morgan fingerprint density at radius 2 is 2.07 bits per heavy atom. The van der Waals surface area contributed by atoms with Crippen molar-refractivity contribution >= 4 is 0 Å². The lowest BCUT2D eigenvalue weighted by Crippen LogP contribution is -2.20. The molecule has 1 rings (SSSR count). The summed E-state index contributed by atoms with van der Waals surface area (Å²) in [5, 5.41) is 0. The Labute approximate surface area is 85.8 Å². The van der Waals surface area contributed by atoms with Gasteiger partial charge in [-0.1, -0.05) is 12.1 Å². The van der Waals surface area contributed by atoms with Crippen molar-refractivity contribution in [1.82, 2.24) is 0 Å². The number of benzene rings is 1. The van der Waals surface area contributed by atoms with Crippen LogP contribution >= 0.6 is 0 Å². The maximum Gasteiger partial charge on any atom is 0.390 e. The molecule has 0 spiro atoms. The number of methoxy groups -OCH3 is 1. The van der Waals surface area contributed by atoms with E-state index >= 15 is 0 Å². The molecule has 0 amide bonds. The van der Waals surface area contributed by atoms with E-state index in [2.05, 4.69) is 0 Å². The van der Waals surface area contributed by atoms with Crippen molar-refractivity contribution in [2.45, 2.75) is 18.6 Å². The molecule has 2 N–H and O–H groups in total. The molecule has 2 nitrogen and oxygen atoms in total. The molecule has 1 atom stereocenters. The van der Waals surface area contributed by atoms with Crippen LogP contribution in [0.3, 0.4) is 0 Å². The van der Waals surface area contributed by atoms with Gasteiger partial charge in [-0.25, -0.2) is 0 Å². The molecule has 0 aliphatic rings. The second-order valence-corrected chi connectivity index (χ2v) is 3.20. The number of nitrogens with two attached hydrogens (primary N) is 1. The highest BCUT2D eigenvalue weighted by Gasteiger charge is 2.30. The largest absolute Gasteiger partial charge is 0.497 e. The van der Waals surface area contributed by atoms with Crippen LogP contribution in [0.4, 0.5) is 13.2 Å². The zero-order valence-corrected chi connectivity index (χ0v) is 8.21. The molecule has 0 radical (unpaired) electrons. The number of hydrogen-bond donors (Lipinski definition) is 1. The first kappa shape index (κ1) is 11.8. The molecule has 1 unspecified atom stereocenters. The van der Waals surface area contributed by atoms with Crippen LogP contribution in [0, 0.1) is 0 Å². The molecular formula is C10H12F3NO. The van der Waals surface area contributed by atoms with Gasteiger partial charge < -0.3 is 10.5 Å². The van der Waals surface area contributed by atoms with E-state index in [0.717, 1.165) is 0 Å². The van der Waals surface area contributed by atoms with Crippen molar-refractivity contribution in [3.8, 4) is 5.75 Å². The van der Waals surface area contributed by atoms with E-state index in [0.29, 0.717) is 11.3 Å². The van der Waals surface area contributed by atoms with E-state index in [9.17, 15) is 13.2 Å². The molecule has 5 heteroatoms. The van der Waals surface area contributed by atoms with Crippen molar-refractivity contribution in [2.75, 3.05) is 7.11 Å². The maximum atomic E-state index is 12.1. The molecule has 15 heavy (non-hydrogen) atoms. The summed E-state index contributed by atoms with van der Waals surface area (Å²) in [5.74, 6) is 0.505. The predicted molar refractivity (Wildman–Crippen MR) is 50.6 cm³/mol. The Morgan fingerprint density at radius 3 is 2.60 bits per heavy atom. The molecule has 0 aliphatic carbocycles. The Hall–Kier alpha value is -1.23. The van der Waals surface area contributed by atoms with Crippen molar-refractivity contribution in [3.63, 3.8) is 0 Å². The van der Waals surface area contributed by atoms with E-state index in [-0.39, 0.29) is 0 Å². The third-order valence-corrected chi connectivity index (χ3v) is 1.97. The second-order valence-electron chi connectivity index (χ2n) is 3.20. The van der Waals surface area contributed by atoms with Gasteiger partial charge in [0.25, 0.3) is 0 Å². The fraction of sp³-hybridized carbons (Fsp3) is 0.400. The molecule has 84 valence electrons. The van der Waals surface area contributed by atoms with Crippen LogP contribution in [0.1, 0.15) is 18.0 Å². The van der Waals surface area contributed by atoms with Gasteiger partial charge in [0, 0.05) is 6.04 Å². The number of halogens is 3. The minimum absolute atomic E-state index is 0.423. The molecule has 0 aromatic heterocycles. The van der Waals surface area contributed by atoms with E-state index < -0.39 is 18.6 Å². The lowest BCUT2D eigenvalue weighted by molar-refractivity contribution is -0.138. The SMILES string of the molecule is COc1cccc(C(N)CC(F)(F)F)c1. The van der Waals surface area contributed by atoms with Gasteiger partial charge >= 0.3 is 6.18 Å². The summed E-state index contributed by atoms with van der Waals surface area (Å²) in [4.78, 5) is 0. The summed E-state index contributed by atoms with van der Waals surface area (Å²) in [7, 11) is 1.45. The van der Waals surface area contributed by atoms with Crippen molar-refractivity contribution < 1.29 is 17.9 Å². The van der Waals surface area contributed by atoms with Crippen LogP contribution < -0.4 is 10.5 Å². The summed E-state index contributed by atoms with van der Waals surface area (Å²) in [6.07, 6.45) is -5.28. The normalized spacial score (nSPS) is 13.7. The number of ether oxygens (including phenoxy) is 1. The van der Waals surface area contributed by atoms with Gasteiger partial charge in [0.15, 0.2) is 0 Å². The monoisotopic (exact) mass is 219 g/mol. The molecular weight excluding hydrogens is 207 g/mol. The summed E-state index contributed by atoms with van der Waals surface area (Å²) in [6, 6.07) is 5.30. The van der Waals surface area contributed by atoms with Crippen LogP contribution in [0.15, 0.2) is 24.3 Å². The average Bonchev–Trinajstić information content (AvgIpc) is 2.15. The molecule has 0 heterocycles. The Balaban J connectivity index is 2.77. The zero-order valence-electron chi connectivity index (χ0n) is 8.21. The zero-order chi connectivity index (χ0) is 11.5. The van der Waals surface area contributed by atoms with Crippen molar-refractivity contribution in [3.05, 3.63) is 29.8 Å². The Morgan fingerprint density at radius 1 is 1.40 bits per heavy atom. The van der Waals surface area contributed by atoms with Crippen LogP contribution in [-0.2, 0) is 0 Å². The lowest BCUT2D eigenvalue weighted by atomic mass is 10.0. The van der Waals surface area contributed by atoms with E-state index in [1.165, 1.54) is 13.2 Å². The topological polar surface area (TPSA) is 35.2 Å². The Bertz CT molecular complexity index is 325. The van der Waals surface area contributed by atoms with Gasteiger partial charge in [-0.2, -0.15) is 13.2 Å². The van der Waals surface area contributed by atoms with Crippen LogP contribution in [-0.4, -0.2) is 13.3 Å². The highest BCUT2D eigenvalue weighted by atomic mass is 19.4. The van der Waals surface area contributed by atoms with E-state index in [1.807, 2.05) is 0 Å². The van der Waals surface area contributed by atoms with E-state index in [4.69, 9.17) is 10.5 Å². The number of hydrogen-bond acceptors (Lipinski definition) is 2. The average molecular weight is 219 g/mol. The maximum absolute atomic E-state index is 12.1. The van der Waals surface area contributed by atoms with Crippen LogP contribution in [0.5, 0.6) is 5.75 Å². The third-order valence-electron chi connectivity index (χ3n) is 1.97. The van der Waals surface area contributed by atoms with Gasteiger partial charge in [-0.3, -0.25) is 0 Å². The number of rotatable bonds is 3. The minimum atomic E-state index is -4.25. The third kappa shape index (κ3) is 3.79. The first-order chi connectivity index (χ1) is 6.92. The first-order valence-electron chi connectivity index (χ1n) is 4.38. The van der Waals surface area contributed by atoms with Crippen molar-refractivity contribution in [2.24, 2.45) is 5.73 Å². The fourth-order valence-corrected chi connectivity index (χ4v) is 1.24. The molecule has 0 aliphatic heterocycles.